The zero-order chi connectivity index (χ0) is 17.5. The molecule has 0 saturated carbocycles. The molecule has 0 amide bonds. The van der Waals surface area contributed by atoms with Gasteiger partial charge in [0.25, 0.3) is 0 Å². The van der Waals surface area contributed by atoms with E-state index in [1.54, 1.807) is 0 Å². The topological polar surface area (TPSA) is 71.5 Å². The molecule has 1 fully saturated rings. The lowest BCUT2D eigenvalue weighted by Crippen LogP contribution is -2.40. The average Bonchev–Trinajstić information content (AvgIpc) is 2.78. The van der Waals surface area contributed by atoms with E-state index in [-0.39, 0.29) is 24.5 Å². The van der Waals surface area contributed by atoms with Crippen molar-refractivity contribution in [3.63, 3.8) is 0 Å². The summed E-state index contributed by atoms with van der Waals surface area (Å²) in [5.74, 6) is -0.425. The van der Waals surface area contributed by atoms with Crippen molar-refractivity contribution in [3.8, 4) is 0 Å². The number of sulfonamides is 1. The van der Waals surface area contributed by atoms with Gasteiger partial charge in [-0.1, -0.05) is 13.0 Å². The molecule has 0 N–H and O–H groups in total. The molecule has 1 heterocycles. The smallest absolute Gasteiger partial charge is 0.229 e. The molecule has 1 saturated heterocycles. The average molecular weight is 371 g/mol. The van der Waals surface area contributed by atoms with Crippen molar-refractivity contribution < 1.29 is 30.0 Å². The van der Waals surface area contributed by atoms with Crippen LogP contribution in [-0.2, 0) is 26.0 Å². The van der Waals surface area contributed by atoms with Crippen LogP contribution in [0.2, 0.25) is 0 Å². The molecule has 5 nitrogen and oxygen atoms in total. The summed E-state index contributed by atoms with van der Waals surface area (Å²) in [4.78, 5) is -0.488. The van der Waals surface area contributed by atoms with Gasteiger partial charge in [-0.2, -0.15) is 17.5 Å². The molecule has 0 radical (unpaired) electrons. The van der Waals surface area contributed by atoms with Gasteiger partial charge in [0.2, 0.25) is 10.0 Å². The van der Waals surface area contributed by atoms with Crippen LogP contribution in [0, 0.1) is 0 Å². The molecule has 1 aromatic carbocycles. The Morgan fingerprint density at radius 2 is 1.96 bits per heavy atom. The monoisotopic (exact) mass is 371 g/mol. The number of halogens is 3. The quantitative estimate of drug-likeness (QED) is 0.811. The van der Waals surface area contributed by atoms with E-state index < -0.39 is 42.5 Å². The highest BCUT2D eigenvalue weighted by Gasteiger charge is 2.39. The third-order valence-electron chi connectivity index (χ3n) is 3.70. The Balaban J connectivity index is 2.40. The second kappa shape index (κ2) is 6.06. The number of alkyl halides is 3. The Morgan fingerprint density at radius 3 is 2.43 bits per heavy atom. The molecule has 0 spiro atoms. The second-order valence-corrected chi connectivity index (χ2v) is 9.41. The molecule has 2 rings (SSSR count). The Morgan fingerprint density at radius 1 is 1.30 bits per heavy atom. The van der Waals surface area contributed by atoms with E-state index in [1.165, 1.54) is 6.92 Å². The molecule has 0 bridgehead atoms. The first-order valence-corrected chi connectivity index (χ1v) is 10.1. The molecule has 0 aromatic heterocycles. The summed E-state index contributed by atoms with van der Waals surface area (Å²) in [5, 5.41) is 0. The van der Waals surface area contributed by atoms with E-state index in [4.69, 9.17) is 0 Å². The van der Waals surface area contributed by atoms with Crippen molar-refractivity contribution >= 4 is 19.9 Å². The van der Waals surface area contributed by atoms with E-state index in [0.717, 1.165) is 22.5 Å². The van der Waals surface area contributed by atoms with Crippen LogP contribution in [0.3, 0.4) is 0 Å². The maximum atomic E-state index is 12.8. The van der Waals surface area contributed by atoms with Gasteiger partial charge in [0, 0.05) is 12.6 Å². The summed E-state index contributed by atoms with van der Waals surface area (Å²) in [6.45, 7) is 1.51. The van der Waals surface area contributed by atoms with Crippen LogP contribution in [0.25, 0.3) is 0 Å². The van der Waals surface area contributed by atoms with Gasteiger partial charge >= 0.3 is 6.18 Å². The molecule has 0 aliphatic carbocycles. The molecular weight excluding hydrogens is 355 g/mol. The largest absolute Gasteiger partial charge is 0.416 e. The zero-order valence-corrected chi connectivity index (χ0v) is 13.9. The minimum atomic E-state index is -4.65. The number of hydrogen-bond donors (Lipinski definition) is 0. The fourth-order valence-corrected chi connectivity index (χ4v) is 6.13. The minimum Gasteiger partial charge on any atom is -0.229 e. The van der Waals surface area contributed by atoms with Gasteiger partial charge < -0.3 is 0 Å². The molecule has 1 aliphatic heterocycles. The van der Waals surface area contributed by atoms with Crippen LogP contribution < -0.4 is 0 Å². The first kappa shape index (κ1) is 18.2. The second-order valence-electron chi connectivity index (χ2n) is 5.29. The predicted molar refractivity (Wildman–Crippen MR) is 78.1 cm³/mol. The van der Waals surface area contributed by atoms with Gasteiger partial charge in [-0.05, 0) is 24.6 Å². The highest BCUT2D eigenvalue weighted by atomic mass is 32.2. The van der Waals surface area contributed by atoms with E-state index in [9.17, 15) is 30.0 Å². The molecule has 0 unspecified atom stereocenters. The number of rotatable bonds is 4. The SMILES string of the molecule is CCN([C@H]1CCS(=O)(=O)C1)S(=O)(=O)c1cccc(C(F)(F)F)c1. The van der Waals surface area contributed by atoms with E-state index in [0.29, 0.717) is 6.07 Å². The Bertz CT molecular complexity index is 788. The van der Waals surface area contributed by atoms with Gasteiger partial charge in [-0.25, -0.2) is 16.8 Å². The van der Waals surface area contributed by atoms with Crippen LogP contribution in [0.1, 0.15) is 18.9 Å². The van der Waals surface area contributed by atoms with Crippen LogP contribution in [0.15, 0.2) is 29.2 Å². The fraction of sp³-hybridized carbons (Fsp3) is 0.538. The summed E-state index contributed by atoms with van der Waals surface area (Å²) in [7, 11) is -7.51. The Kier molecular flexibility index (Phi) is 4.80. The van der Waals surface area contributed by atoms with Gasteiger partial charge in [-0.3, -0.25) is 0 Å². The van der Waals surface area contributed by atoms with Crippen molar-refractivity contribution in [3.05, 3.63) is 29.8 Å². The van der Waals surface area contributed by atoms with Crippen molar-refractivity contribution in [1.82, 2.24) is 4.31 Å². The molecule has 10 heteroatoms. The lowest BCUT2D eigenvalue weighted by Gasteiger charge is -2.26. The summed E-state index contributed by atoms with van der Waals surface area (Å²) in [6, 6.07) is 2.71. The summed E-state index contributed by atoms with van der Waals surface area (Å²) in [5.41, 5.74) is -1.06. The number of hydrogen-bond acceptors (Lipinski definition) is 4. The van der Waals surface area contributed by atoms with Crippen molar-refractivity contribution in [2.45, 2.75) is 30.5 Å². The van der Waals surface area contributed by atoms with Gasteiger partial charge in [0.05, 0.1) is 22.0 Å². The lowest BCUT2D eigenvalue weighted by atomic mass is 10.2. The third kappa shape index (κ3) is 3.86. The predicted octanol–water partition coefficient (Wildman–Crippen LogP) is 1.90. The van der Waals surface area contributed by atoms with Crippen molar-refractivity contribution in [2.24, 2.45) is 0 Å². The molecule has 1 atom stereocenters. The maximum Gasteiger partial charge on any atom is 0.416 e. The molecule has 23 heavy (non-hydrogen) atoms. The van der Waals surface area contributed by atoms with E-state index >= 15 is 0 Å². The summed E-state index contributed by atoms with van der Waals surface area (Å²) >= 11 is 0. The van der Waals surface area contributed by atoms with Crippen molar-refractivity contribution in [2.75, 3.05) is 18.1 Å². The first-order valence-electron chi connectivity index (χ1n) is 6.87. The van der Waals surface area contributed by atoms with E-state index in [1.807, 2.05) is 0 Å². The fourth-order valence-electron chi connectivity index (χ4n) is 2.60. The van der Waals surface area contributed by atoms with Gasteiger partial charge in [0.15, 0.2) is 9.84 Å². The van der Waals surface area contributed by atoms with E-state index in [2.05, 4.69) is 0 Å². The van der Waals surface area contributed by atoms with Gasteiger partial charge in [-0.15, -0.1) is 0 Å². The highest BCUT2D eigenvalue weighted by Crippen LogP contribution is 2.32. The molecule has 1 aromatic rings. The van der Waals surface area contributed by atoms with Crippen LogP contribution in [-0.4, -0.2) is 45.2 Å². The molecular formula is C13H16F3NO4S2. The highest BCUT2D eigenvalue weighted by molar-refractivity contribution is 7.92. The van der Waals surface area contributed by atoms with Crippen LogP contribution in [0.4, 0.5) is 13.2 Å². The molecule has 1 aliphatic rings. The zero-order valence-electron chi connectivity index (χ0n) is 12.2. The molecule has 130 valence electrons. The first-order chi connectivity index (χ1) is 10.5. The minimum absolute atomic E-state index is 0.0151. The standard InChI is InChI=1S/C13H16F3NO4S2/c1-2-17(11-6-7-22(18,19)9-11)23(20,21)12-5-3-4-10(8-12)13(14,15)16/h3-5,8,11H,2,6-7,9H2,1H3/t11-/m0/s1. The number of sulfone groups is 1. The Hall–Kier alpha value is -1.13. The lowest BCUT2D eigenvalue weighted by molar-refractivity contribution is -0.137. The third-order valence-corrected chi connectivity index (χ3v) is 7.47. The van der Waals surface area contributed by atoms with Gasteiger partial charge in [0.1, 0.15) is 0 Å². The normalized spacial score (nSPS) is 21.7. The summed E-state index contributed by atoms with van der Waals surface area (Å²) in [6.07, 6.45) is -4.51. The van der Waals surface area contributed by atoms with Crippen molar-refractivity contribution in [1.29, 1.82) is 0 Å². The Labute approximate surface area is 133 Å². The maximum absolute atomic E-state index is 12.8. The summed E-state index contributed by atoms with van der Waals surface area (Å²) < 4.78 is 87.5. The van der Waals surface area contributed by atoms with Crippen LogP contribution in [0.5, 0.6) is 0 Å². The number of benzene rings is 1. The number of nitrogens with zero attached hydrogens (tertiary/aromatic N) is 1. The van der Waals surface area contributed by atoms with Crippen LogP contribution >= 0.6 is 0 Å².